The van der Waals surface area contributed by atoms with Crippen LogP contribution in [-0.4, -0.2) is 38.7 Å². The standard InChI is InChI=1S/C17H19N3O6S/c1-3-26-16-7-5-4-6-14(16)19-17(21)11-18-13-9-8-12(27(2,24)25)10-15(13)20(22)23/h4-10,18H,3,11H2,1-2H3,(H,19,21). The molecule has 2 aromatic carbocycles. The number of sulfone groups is 1. The molecule has 144 valence electrons. The second-order valence-electron chi connectivity index (χ2n) is 5.54. The lowest BCUT2D eigenvalue weighted by Crippen LogP contribution is -2.22. The van der Waals surface area contributed by atoms with Crippen LogP contribution < -0.4 is 15.4 Å². The van der Waals surface area contributed by atoms with Crippen LogP contribution in [0.2, 0.25) is 0 Å². The number of nitrogens with one attached hydrogen (secondary N) is 2. The highest BCUT2D eigenvalue weighted by molar-refractivity contribution is 7.90. The third kappa shape index (κ3) is 5.42. The van der Waals surface area contributed by atoms with E-state index >= 15 is 0 Å². The maximum Gasteiger partial charge on any atom is 0.293 e. The lowest BCUT2D eigenvalue weighted by atomic mass is 10.2. The molecule has 9 nitrogen and oxygen atoms in total. The van der Waals surface area contributed by atoms with Crippen LogP contribution in [0.5, 0.6) is 5.75 Å². The number of nitro groups is 1. The molecule has 1 amide bonds. The van der Waals surface area contributed by atoms with Gasteiger partial charge in [0.15, 0.2) is 9.84 Å². The second kappa shape index (κ2) is 8.49. The fourth-order valence-corrected chi connectivity index (χ4v) is 2.90. The zero-order valence-corrected chi connectivity index (χ0v) is 15.6. The monoisotopic (exact) mass is 393 g/mol. The summed E-state index contributed by atoms with van der Waals surface area (Å²) in [4.78, 5) is 22.5. The van der Waals surface area contributed by atoms with Gasteiger partial charge in [-0.1, -0.05) is 12.1 Å². The lowest BCUT2D eigenvalue weighted by molar-refractivity contribution is -0.384. The highest BCUT2D eigenvalue weighted by Gasteiger charge is 2.19. The maximum absolute atomic E-state index is 12.2. The average molecular weight is 393 g/mol. The number of hydrogen-bond acceptors (Lipinski definition) is 7. The Bertz CT molecular complexity index is 959. The van der Waals surface area contributed by atoms with Crippen LogP contribution >= 0.6 is 0 Å². The number of nitrogens with zero attached hydrogens (tertiary/aromatic N) is 1. The van der Waals surface area contributed by atoms with Gasteiger partial charge in [0.25, 0.3) is 5.69 Å². The van der Waals surface area contributed by atoms with Crippen molar-refractivity contribution in [1.82, 2.24) is 0 Å². The molecule has 10 heteroatoms. The van der Waals surface area contributed by atoms with Crippen molar-refractivity contribution in [2.24, 2.45) is 0 Å². The minimum atomic E-state index is -3.58. The molecule has 0 fully saturated rings. The van der Waals surface area contributed by atoms with E-state index in [1.54, 1.807) is 24.3 Å². The highest BCUT2D eigenvalue weighted by Crippen LogP contribution is 2.28. The first-order valence-corrected chi connectivity index (χ1v) is 9.85. The van der Waals surface area contributed by atoms with Crippen molar-refractivity contribution in [3.63, 3.8) is 0 Å². The summed E-state index contributed by atoms with van der Waals surface area (Å²) in [5.74, 6) is 0.0699. The van der Waals surface area contributed by atoms with Crippen LogP contribution in [0.4, 0.5) is 17.1 Å². The Labute approximate surface area is 156 Å². The number of carbonyl (C=O) groups excluding carboxylic acids is 1. The van der Waals surface area contributed by atoms with Gasteiger partial charge in [-0.3, -0.25) is 14.9 Å². The molecule has 2 rings (SSSR count). The normalized spacial score (nSPS) is 10.9. The molecular formula is C17H19N3O6S. The minimum absolute atomic E-state index is 0.0423. The number of carbonyl (C=O) groups is 1. The van der Waals surface area contributed by atoms with E-state index < -0.39 is 26.4 Å². The molecule has 0 spiro atoms. The summed E-state index contributed by atoms with van der Waals surface area (Å²) >= 11 is 0. The van der Waals surface area contributed by atoms with E-state index in [4.69, 9.17) is 4.74 Å². The third-order valence-electron chi connectivity index (χ3n) is 3.49. The molecule has 0 bridgehead atoms. The summed E-state index contributed by atoms with van der Waals surface area (Å²) in [5, 5.41) is 16.5. The molecule has 0 aliphatic rings. The fraction of sp³-hybridized carbons (Fsp3) is 0.235. The zero-order valence-electron chi connectivity index (χ0n) is 14.8. The number of hydrogen-bond donors (Lipinski definition) is 2. The van der Waals surface area contributed by atoms with Crippen molar-refractivity contribution in [2.75, 3.05) is 30.0 Å². The number of amides is 1. The Morgan fingerprint density at radius 3 is 2.52 bits per heavy atom. The Balaban J connectivity index is 2.12. The van der Waals surface area contributed by atoms with Crippen molar-refractivity contribution >= 4 is 32.8 Å². The summed E-state index contributed by atoms with van der Waals surface area (Å²) in [5.41, 5.74) is 0.0918. The molecule has 0 aliphatic carbocycles. The first kappa shape index (κ1) is 20.2. The Kier molecular flexibility index (Phi) is 6.35. The van der Waals surface area contributed by atoms with E-state index in [2.05, 4.69) is 10.6 Å². The smallest absolute Gasteiger partial charge is 0.293 e. The van der Waals surface area contributed by atoms with Gasteiger partial charge in [0, 0.05) is 12.3 Å². The van der Waals surface area contributed by atoms with Crippen LogP contribution in [0.25, 0.3) is 0 Å². The zero-order chi connectivity index (χ0) is 20.0. The van der Waals surface area contributed by atoms with Crippen LogP contribution in [0.3, 0.4) is 0 Å². The largest absolute Gasteiger partial charge is 0.492 e. The first-order chi connectivity index (χ1) is 12.7. The highest BCUT2D eigenvalue weighted by atomic mass is 32.2. The molecule has 0 aromatic heterocycles. The van der Waals surface area contributed by atoms with E-state index in [-0.39, 0.29) is 17.1 Å². The van der Waals surface area contributed by atoms with Crippen LogP contribution in [-0.2, 0) is 14.6 Å². The van der Waals surface area contributed by atoms with E-state index in [1.807, 2.05) is 6.92 Å². The number of para-hydroxylation sites is 2. The first-order valence-electron chi connectivity index (χ1n) is 7.96. The van der Waals surface area contributed by atoms with Gasteiger partial charge in [-0.25, -0.2) is 8.42 Å². The SMILES string of the molecule is CCOc1ccccc1NC(=O)CNc1ccc(S(C)(=O)=O)cc1[N+](=O)[O-]. The summed E-state index contributed by atoms with van der Waals surface area (Å²) in [6.45, 7) is 2.00. The summed E-state index contributed by atoms with van der Waals surface area (Å²) in [7, 11) is -3.58. The van der Waals surface area contributed by atoms with Crippen molar-refractivity contribution in [3.05, 3.63) is 52.6 Å². The van der Waals surface area contributed by atoms with Crippen molar-refractivity contribution in [2.45, 2.75) is 11.8 Å². The number of nitro benzene ring substituents is 1. The van der Waals surface area contributed by atoms with Crippen molar-refractivity contribution < 1.29 is 22.9 Å². The topological polar surface area (TPSA) is 128 Å². The second-order valence-corrected chi connectivity index (χ2v) is 7.55. The quantitative estimate of drug-likeness (QED) is 0.521. The van der Waals surface area contributed by atoms with Gasteiger partial charge >= 0.3 is 0 Å². The summed E-state index contributed by atoms with van der Waals surface area (Å²) in [6, 6.07) is 10.3. The Morgan fingerprint density at radius 2 is 1.89 bits per heavy atom. The van der Waals surface area contributed by atoms with E-state index in [0.717, 1.165) is 12.3 Å². The van der Waals surface area contributed by atoms with Gasteiger partial charge in [0.2, 0.25) is 5.91 Å². The van der Waals surface area contributed by atoms with Crippen LogP contribution in [0, 0.1) is 10.1 Å². The molecule has 0 unspecified atom stereocenters. The van der Waals surface area contributed by atoms with Gasteiger partial charge < -0.3 is 15.4 Å². The third-order valence-corrected chi connectivity index (χ3v) is 4.60. The number of ether oxygens (including phenoxy) is 1. The average Bonchev–Trinajstić information content (AvgIpc) is 2.61. The molecule has 0 aliphatic heterocycles. The molecule has 0 heterocycles. The van der Waals surface area contributed by atoms with Crippen molar-refractivity contribution in [1.29, 1.82) is 0 Å². The minimum Gasteiger partial charge on any atom is -0.492 e. The van der Waals surface area contributed by atoms with Gasteiger partial charge in [-0.05, 0) is 31.2 Å². The maximum atomic E-state index is 12.2. The van der Waals surface area contributed by atoms with Gasteiger partial charge in [-0.15, -0.1) is 0 Å². The number of rotatable bonds is 8. The molecule has 0 saturated heterocycles. The Hall–Kier alpha value is -3.14. The van der Waals surface area contributed by atoms with Gasteiger partial charge in [0.1, 0.15) is 11.4 Å². The van der Waals surface area contributed by atoms with Gasteiger partial charge in [-0.2, -0.15) is 0 Å². The number of anilines is 2. The lowest BCUT2D eigenvalue weighted by Gasteiger charge is -2.12. The van der Waals surface area contributed by atoms with Crippen molar-refractivity contribution in [3.8, 4) is 5.75 Å². The molecule has 0 radical (unpaired) electrons. The predicted molar refractivity (Wildman–Crippen MR) is 101 cm³/mol. The van der Waals surface area contributed by atoms with E-state index in [1.165, 1.54) is 12.1 Å². The molecule has 0 saturated carbocycles. The number of benzene rings is 2. The molecule has 27 heavy (non-hydrogen) atoms. The molecule has 2 N–H and O–H groups in total. The van der Waals surface area contributed by atoms with Crippen LogP contribution in [0.15, 0.2) is 47.4 Å². The van der Waals surface area contributed by atoms with Crippen LogP contribution in [0.1, 0.15) is 6.92 Å². The molecule has 2 aromatic rings. The summed E-state index contributed by atoms with van der Waals surface area (Å²) in [6.07, 6.45) is 0.961. The Morgan fingerprint density at radius 1 is 1.19 bits per heavy atom. The van der Waals surface area contributed by atoms with E-state index in [0.29, 0.717) is 18.0 Å². The fourth-order valence-electron chi connectivity index (χ4n) is 2.26. The van der Waals surface area contributed by atoms with E-state index in [9.17, 15) is 23.3 Å². The predicted octanol–water partition coefficient (Wildman–Crippen LogP) is 2.45. The van der Waals surface area contributed by atoms with Gasteiger partial charge in [0.05, 0.1) is 28.7 Å². The molecule has 0 atom stereocenters. The molecular weight excluding hydrogens is 374 g/mol. The summed E-state index contributed by atoms with van der Waals surface area (Å²) < 4.78 is 28.5.